The molecular weight excluding hydrogens is 396 g/mol. The van der Waals surface area contributed by atoms with Gasteiger partial charge in [0.15, 0.2) is 0 Å². The van der Waals surface area contributed by atoms with E-state index in [1.54, 1.807) is 24.3 Å². The number of urea groups is 1. The molecule has 1 unspecified atom stereocenters. The van der Waals surface area contributed by atoms with Crippen molar-refractivity contribution in [2.75, 3.05) is 17.2 Å². The van der Waals surface area contributed by atoms with Gasteiger partial charge in [-0.3, -0.25) is 4.79 Å². The summed E-state index contributed by atoms with van der Waals surface area (Å²) in [7, 11) is -3.85. The first-order chi connectivity index (χ1) is 13.8. The van der Waals surface area contributed by atoms with E-state index in [2.05, 4.69) is 16.0 Å². The fourth-order valence-electron chi connectivity index (χ4n) is 2.87. The number of benzene rings is 2. The predicted octanol–water partition coefficient (Wildman–Crippen LogP) is 1.77. The number of hydrogen-bond donors (Lipinski definition) is 4. The van der Waals surface area contributed by atoms with Crippen LogP contribution in [0.4, 0.5) is 16.2 Å². The van der Waals surface area contributed by atoms with Gasteiger partial charge >= 0.3 is 6.03 Å². The van der Waals surface area contributed by atoms with Crippen LogP contribution in [0.3, 0.4) is 0 Å². The van der Waals surface area contributed by atoms with E-state index >= 15 is 0 Å². The highest BCUT2D eigenvalue weighted by Gasteiger charge is 2.23. The minimum absolute atomic E-state index is 0.0926. The van der Waals surface area contributed by atoms with Gasteiger partial charge in [-0.15, -0.1) is 0 Å². The average molecular weight is 418 g/mol. The van der Waals surface area contributed by atoms with E-state index in [1.807, 2.05) is 6.07 Å². The van der Waals surface area contributed by atoms with Crippen molar-refractivity contribution in [3.05, 3.63) is 54.1 Å². The topological polar surface area (TPSA) is 140 Å². The summed E-state index contributed by atoms with van der Waals surface area (Å²) >= 11 is 0. The molecule has 3 amide bonds. The summed E-state index contributed by atoms with van der Waals surface area (Å²) in [5.41, 5.74) is 1.70. The molecule has 29 heavy (non-hydrogen) atoms. The van der Waals surface area contributed by atoms with Crippen LogP contribution in [-0.4, -0.2) is 33.1 Å². The summed E-state index contributed by atoms with van der Waals surface area (Å²) in [6.45, 7) is 0.807. The molecule has 5 N–H and O–H groups in total. The van der Waals surface area contributed by atoms with Crippen LogP contribution in [0.25, 0.3) is 0 Å². The molecule has 1 aliphatic heterocycles. The van der Waals surface area contributed by atoms with Gasteiger partial charge in [-0.1, -0.05) is 18.2 Å². The summed E-state index contributed by atoms with van der Waals surface area (Å²) in [4.78, 5) is 24.1. The van der Waals surface area contributed by atoms with Crippen LogP contribution in [0, 0.1) is 0 Å². The van der Waals surface area contributed by atoms with Crippen molar-refractivity contribution in [2.45, 2.75) is 30.4 Å². The van der Waals surface area contributed by atoms with Crippen LogP contribution in [-0.2, 0) is 26.1 Å². The van der Waals surface area contributed by atoms with E-state index in [9.17, 15) is 18.0 Å². The zero-order chi connectivity index (χ0) is 20.9. The van der Waals surface area contributed by atoms with Crippen molar-refractivity contribution >= 4 is 33.3 Å². The molecule has 2 aromatic carbocycles. The molecule has 154 valence electrons. The van der Waals surface area contributed by atoms with Gasteiger partial charge in [0.2, 0.25) is 10.0 Å². The maximum atomic E-state index is 12.1. The number of ether oxygens (including phenoxy) is 1. The van der Waals surface area contributed by atoms with Gasteiger partial charge in [0.05, 0.1) is 4.90 Å². The number of carbonyl (C=O) groups excluding carboxylic acids is 2. The van der Waals surface area contributed by atoms with Crippen molar-refractivity contribution in [2.24, 2.45) is 5.14 Å². The Morgan fingerprint density at radius 2 is 1.79 bits per heavy atom. The van der Waals surface area contributed by atoms with Gasteiger partial charge in [0.25, 0.3) is 5.91 Å². The molecule has 0 aromatic heterocycles. The van der Waals surface area contributed by atoms with Crippen LogP contribution >= 0.6 is 0 Å². The lowest BCUT2D eigenvalue weighted by Crippen LogP contribution is -2.28. The minimum Gasteiger partial charge on any atom is -0.368 e. The second-order valence-corrected chi connectivity index (χ2v) is 8.13. The second kappa shape index (κ2) is 9.03. The monoisotopic (exact) mass is 418 g/mol. The van der Waals surface area contributed by atoms with Crippen molar-refractivity contribution in [3.63, 3.8) is 0 Å². The number of primary sulfonamides is 1. The van der Waals surface area contributed by atoms with E-state index in [1.165, 1.54) is 18.2 Å². The fraction of sp³-hybridized carbons (Fsp3) is 0.263. The second-order valence-electron chi connectivity index (χ2n) is 6.57. The Balaban J connectivity index is 1.54. The van der Waals surface area contributed by atoms with Crippen LogP contribution in [0.2, 0.25) is 0 Å². The number of sulfonamides is 1. The molecular formula is C19H22N4O5S. The number of nitrogens with two attached hydrogens (primary N) is 1. The van der Waals surface area contributed by atoms with E-state index in [4.69, 9.17) is 9.88 Å². The molecule has 9 nitrogen and oxygen atoms in total. The Morgan fingerprint density at radius 1 is 1.07 bits per heavy atom. The van der Waals surface area contributed by atoms with Crippen molar-refractivity contribution in [1.29, 1.82) is 0 Å². The largest absolute Gasteiger partial charge is 0.368 e. The quantitative estimate of drug-likeness (QED) is 0.566. The highest BCUT2D eigenvalue weighted by molar-refractivity contribution is 7.89. The third-order valence-electron chi connectivity index (χ3n) is 4.29. The first-order valence-corrected chi connectivity index (χ1v) is 10.5. The van der Waals surface area contributed by atoms with Gasteiger partial charge in [-0.05, 0) is 48.7 Å². The molecule has 0 bridgehead atoms. The molecule has 3 rings (SSSR count). The third-order valence-corrected chi connectivity index (χ3v) is 5.20. The Morgan fingerprint density at radius 3 is 2.48 bits per heavy atom. The third kappa shape index (κ3) is 6.01. The zero-order valence-corrected chi connectivity index (χ0v) is 16.4. The summed E-state index contributed by atoms with van der Waals surface area (Å²) in [6, 6.07) is 12.2. The molecule has 0 radical (unpaired) electrons. The number of nitrogens with one attached hydrogen (secondary N) is 3. The molecule has 1 atom stereocenters. The van der Waals surface area contributed by atoms with Crippen LogP contribution < -0.4 is 21.1 Å². The number of rotatable bonds is 6. The van der Waals surface area contributed by atoms with E-state index in [-0.39, 0.29) is 17.3 Å². The molecule has 0 aliphatic carbocycles. The van der Waals surface area contributed by atoms with Crippen molar-refractivity contribution in [3.8, 4) is 0 Å². The van der Waals surface area contributed by atoms with Gasteiger partial charge < -0.3 is 20.7 Å². The van der Waals surface area contributed by atoms with Gasteiger partial charge in [0.1, 0.15) is 6.10 Å². The lowest BCUT2D eigenvalue weighted by atomic mass is 10.2. The molecule has 10 heteroatoms. The normalized spacial score (nSPS) is 16.2. The Labute approximate surface area is 168 Å². The highest BCUT2D eigenvalue weighted by atomic mass is 32.2. The Kier molecular flexibility index (Phi) is 6.47. The SMILES string of the molecule is NS(=O)(=O)c1cccc(NC(=O)NCc2cccc(NC(=O)C3CCCO3)c2)c1. The summed E-state index contributed by atoms with van der Waals surface area (Å²) in [6.07, 6.45) is 1.16. The van der Waals surface area contributed by atoms with Gasteiger partial charge in [0, 0.05) is 24.5 Å². The molecule has 1 heterocycles. The van der Waals surface area contributed by atoms with Crippen molar-refractivity contribution < 1.29 is 22.7 Å². The van der Waals surface area contributed by atoms with E-state index < -0.39 is 22.2 Å². The predicted molar refractivity (Wildman–Crippen MR) is 108 cm³/mol. The highest BCUT2D eigenvalue weighted by Crippen LogP contribution is 2.17. The number of carbonyl (C=O) groups is 2. The molecule has 1 saturated heterocycles. The molecule has 1 fully saturated rings. The maximum absolute atomic E-state index is 12.1. The molecule has 2 aromatic rings. The standard InChI is InChI=1S/C19H22N4O5S/c20-29(26,27)16-7-2-6-15(11-16)23-19(25)21-12-13-4-1-5-14(10-13)22-18(24)17-8-3-9-28-17/h1-2,4-7,10-11,17H,3,8-9,12H2,(H,22,24)(H2,20,26,27)(H2,21,23,25). The molecule has 0 spiro atoms. The number of hydrogen-bond acceptors (Lipinski definition) is 5. The summed E-state index contributed by atoms with van der Waals surface area (Å²) in [5.74, 6) is -0.180. The van der Waals surface area contributed by atoms with Gasteiger partial charge in [-0.2, -0.15) is 0 Å². The first kappa shape index (κ1) is 20.8. The summed E-state index contributed by atoms with van der Waals surface area (Å²) < 4.78 is 28.1. The zero-order valence-electron chi connectivity index (χ0n) is 15.6. The lowest BCUT2D eigenvalue weighted by molar-refractivity contribution is -0.124. The number of anilines is 2. The number of amides is 3. The fourth-order valence-corrected chi connectivity index (χ4v) is 3.43. The van der Waals surface area contributed by atoms with Crippen LogP contribution in [0.15, 0.2) is 53.4 Å². The van der Waals surface area contributed by atoms with Crippen molar-refractivity contribution in [1.82, 2.24) is 5.32 Å². The lowest BCUT2D eigenvalue weighted by Gasteiger charge is -2.12. The van der Waals surface area contributed by atoms with E-state index in [0.29, 0.717) is 24.4 Å². The van der Waals surface area contributed by atoms with Crippen LogP contribution in [0.5, 0.6) is 0 Å². The van der Waals surface area contributed by atoms with E-state index in [0.717, 1.165) is 12.0 Å². The minimum atomic E-state index is -3.85. The Hall–Kier alpha value is -2.95. The Bertz CT molecular complexity index is 1000. The summed E-state index contributed by atoms with van der Waals surface area (Å²) in [5, 5.41) is 13.1. The molecule has 1 aliphatic rings. The molecule has 0 saturated carbocycles. The smallest absolute Gasteiger partial charge is 0.319 e. The maximum Gasteiger partial charge on any atom is 0.319 e. The van der Waals surface area contributed by atoms with Gasteiger partial charge in [-0.25, -0.2) is 18.4 Å². The average Bonchev–Trinajstić information content (AvgIpc) is 3.21. The first-order valence-electron chi connectivity index (χ1n) is 9.00. The van der Waals surface area contributed by atoms with Crippen LogP contribution in [0.1, 0.15) is 18.4 Å².